The predicted octanol–water partition coefficient (Wildman–Crippen LogP) is 5.34. The van der Waals surface area contributed by atoms with Gasteiger partial charge >= 0.3 is 5.97 Å². The fraction of sp³-hybridized carbons (Fsp3) is 0.409. The molecule has 0 saturated carbocycles. The molecule has 0 spiro atoms. The number of hydrogen-bond donors (Lipinski definition) is 1. The van der Waals surface area contributed by atoms with Crippen molar-refractivity contribution in [1.29, 1.82) is 0 Å². The number of fused-ring (bicyclic) bond motifs is 1. The fourth-order valence-electron chi connectivity index (χ4n) is 3.66. The van der Waals surface area contributed by atoms with Gasteiger partial charge in [0.1, 0.15) is 5.75 Å². The Balaban J connectivity index is 1.99. The third-order valence-corrected chi connectivity index (χ3v) is 7.15. The van der Waals surface area contributed by atoms with Gasteiger partial charge in [0, 0.05) is 26.3 Å². The summed E-state index contributed by atoms with van der Waals surface area (Å²) in [5.74, 6) is 6.73. The number of aliphatic carboxylic acids is 1. The maximum Gasteiger partial charge on any atom is 0.308 e. The molecule has 0 amide bonds. The van der Waals surface area contributed by atoms with Gasteiger partial charge in [-0.25, -0.2) is 0 Å². The van der Waals surface area contributed by atoms with Crippen molar-refractivity contribution in [3.63, 3.8) is 0 Å². The number of hydrogen-bond acceptors (Lipinski definition) is 4. The summed E-state index contributed by atoms with van der Waals surface area (Å²) in [5.41, 5.74) is 2.46. The van der Waals surface area contributed by atoms with Crippen molar-refractivity contribution >= 4 is 29.1 Å². The van der Waals surface area contributed by atoms with Gasteiger partial charge in [0.15, 0.2) is 0 Å². The van der Waals surface area contributed by atoms with E-state index in [1.165, 1.54) is 16.9 Å². The maximum atomic E-state index is 10.9. The van der Waals surface area contributed by atoms with Crippen LogP contribution in [0.5, 0.6) is 5.75 Å². The lowest BCUT2D eigenvalue weighted by molar-refractivity contribution is -0.136. The van der Waals surface area contributed by atoms with E-state index in [1.807, 2.05) is 12.1 Å². The van der Waals surface area contributed by atoms with Gasteiger partial charge in [-0.3, -0.25) is 4.79 Å². The van der Waals surface area contributed by atoms with E-state index in [2.05, 4.69) is 44.1 Å². The first-order valence-corrected chi connectivity index (χ1v) is 11.2. The summed E-state index contributed by atoms with van der Waals surface area (Å²) in [6.45, 7) is 5.28. The van der Waals surface area contributed by atoms with Crippen LogP contribution in [0.3, 0.4) is 0 Å². The molecular formula is C22H24O3S2. The number of carboxylic acids is 1. The van der Waals surface area contributed by atoms with Crippen molar-refractivity contribution < 1.29 is 14.6 Å². The van der Waals surface area contributed by atoms with Gasteiger partial charge in [-0.15, -0.1) is 23.1 Å². The number of rotatable bonds is 5. The molecule has 27 heavy (non-hydrogen) atoms. The molecule has 0 aliphatic carbocycles. The molecule has 0 unspecified atom stereocenters. The highest BCUT2D eigenvalue weighted by atomic mass is 32.2. The second kappa shape index (κ2) is 8.41. The average Bonchev–Trinajstić information content (AvgIpc) is 3.11. The summed E-state index contributed by atoms with van der Waals surface area (Å²) in [6.07, 6.45) is 5.33. The Bertz CT molecular complexity index is 898. The number of benzene rings is 1. The SMILES string of the molecule is CCC1(CC)CCOc2cc(SC)c(C#Cc3ccc(CC(=O)O)s3)cc21. The molecule has 0 bridgehead atoms. The Kier molecular flexibility index (Phi) is 6.18. The zero-order chi connectivity index (χ0) is 19.4. The van der Waals surface area contributed by atoms with Crippen molar-refractivity contribution in [2.75, 3.05) is 12.9 Å². The summed E-state index contributed by atoms with van der Waals surface area (Å²) in [4.78, 5) is 13.7. The lowest BCUT2D eigenvalue weighted by Crippen LogP contribution is -2.31. The van der Waals surface area contributed by atoms with Crippen LogP contribution < -0.4 is 4.74 Å². The topological polar surface area (TPSA) is 46.5 Å². The number of thiophene rings is 1. The van der Waals surface area contributed by atoms with Gasteiger partial charge in [0.05, 0.1) is 17.9 Å². The van der Waals surface area contributed by atoms with Gasteiger partial charge in [-0.2, -0.15) is 0 Å². The molecule has 5 heteroatoms. The van der Waals surface area contributed by atoms with Crippen LogP contribution in [-0.2, 0) is 16.6 Å². The summed E-state index contributed by atoms with van der Waals surface area (Å²) in [6, 6.07) is 8.09. The van der Waals surface area contributed by atoms with Gasteiger partial charge < -0.3 is 9.84 Å². The van der Waals surface area contributed by atoms with Crippen molar-refractivity contribution in [3.05, 3.63) is 45.1 Å². The molecule has 1 aliphatic rings. The van der Waals surface area contributed by atoms with Crippen molar-refractivity contribution in [2.24, 2.45) is 0 Å². The highest BCUT2D eigenvalue weighted by Gasteiger charge is 2.35. The quantitative estimate of drug-likeness (QED) is 0.544. The van der Waals surface area contributed by atoms with E-state index >= 15 is 0 Å². The van der Waals surface area contributed by atoms with Gasteiger partial charge in [0.25, 0.3) is 0 Å². The third kappa shape index (κ3) is 4.17. The first-order valence-electron chi connectivity index (χ1n) is 9.19. The largest absolute Gasteiger partial charge is 0.493 e. The standard InChI is InChI=1S/C22H24O3S2/c1-4-22(5-2)10-11-25-19-14-20(26-3)15(12-18(19)22)6-7-16-8-9-17(27-16)13-21(23)24/h8-9,12,14H,4-5,10-11,13H2,1-3H3,(H,23,24). The van der Waals surface area contributed by atoms with Crippen LogP contribution in [0.2, 0.25) is 0 Å². The molecule has 1 aliphatic heterocycles. The molecule has 0 atom stereocenters. The Hall–Kier alpha value is -1.90. The molecule has 0 fully saturated rings. The molecule has 2 aromatic rings. The lowest BCUT2D eigenvalue weighted by atomic mass is 9.71. The summed E-state index contributed by atoms with van der Waals surface area (Å²) in [7, 11) is 0. The van der Waals surface area contributed by atoms with Crippen LogP contribution in [0.15, 0.2) is 29.2 Å². The van der Waals surface area contributed by atoms with Crippen LogP contribution >= 0.6 is 23.1 Å². The minimum absolute atomic E-state index is 0.0497. The predicted molar refractivity (Wildman–Crippen MR) is 112 cm³/mol. The molecule has 0 radical (unpaired) electrons. The Morgan fingerprint density at radius 1 is 1.30 bits per heavy atom. The molecule has 1 aromatic heterocycles. The average molecular weight is 401 g/mol. The third-order valence-electron chi connectivity index (χ3n) is 5.37. The highest BCUT2D eigenvalue weighted by molar-refractivity contribution is 7.98. The summed E-state index contributed by atoms with van der Waals surface area (Å²) < 4.78 is 5.97. The Morgan fingerprint density at radius 3 is 2.74 bits per heavy atom. The first kappa shape index (κ1) is 19.9. The van der Waals surface area contributed by atoms with Gasteiger partial charge in [-0.05, 0) is 49.8 Å². The number of thioether (sulfide) groups is 1. The van der Waals surface area contributed by atoms with E-state index in [0.717, 1.165) is 51.8 Å². The van der Waals surface area contributed by atoms with E-state index in [-0.39, 0.29) is 11.8 Å². The Labute approximate surface area is 169 Å². The second-order valence-electron chi connectivity index (χ2n) is 6.72. The van der Waals surface area contributed by atoms with E-state index in [1.54, 1.807) is 11.8 Å². The first-order chi connectivity index (χ1) is 13.0. The van der Waals surface area contributed by atoms with Gasteiger partial charge in [0.2, 0.25) is 0 Å². The van der Waals surface area contributed by atoms with Crippen LogP contribution in [0, 0.1) is 11.8 Å². The van der Waals surface area contributed by atoms with Crippen molar-refractivity contribution in [2.45, 2.75) is 49.8 Å². The Morgan fingerprint density at radius 2 is 2.07 bits per heavy atom. The zero-order valence-corrected chi connectivity index (χ0v) is 17.6. The molecular weight excluding hydrogens is 376 g/mol. The van der Waals surface area contributed by atoms with Crippen molar-refractivity contribution in [1.82, 2.24) is 0 Å². The van der Waals surface area contributed by atoms with Crippen LogP contribution in [0.4, 0.5) is 0 Å². The highest BCUT2D eigenvalue weighted by Crippen LogP contribution is 2.45. The lowest BCUT2D eigenvalue weighted by Gasteiger charge is -2.38. The minimum Gasteiger partial charge on any atom is -0.493 e. The van der Waals surface area contributed by atoms with Crippen LogP contribution in [-0.4, -0.2) is 23.9 Å². The summed E-state index contributed by atoms with van der Waals surface area (Å²) in [5, 5.41) is 8.92. The molecule has 2 heterocycles. The molecule has 3 nitrogen and oxygen atoms in total. The fourth-order valence-corrected chi connectivity index (χ4v) is 5.06. The normalized spacial score (nSPS) is 14.6. The molecule has 1 aromatic carbocycles. The monoisotopic (exact) mass is 400 g/mol. The molecule has 1 N–H and O–H groups in total. The number of carbonyl (C=O) groups is 1. The molecule has 3 rings (SSSR count). The van der Waals surface area contributed by atoms with E-state index in [4.69, 9.17) is 9.84 Å². The maximum absolute atomic E-state index is 10.9. The van der Waals surface area contributed by atoms with E-state index in [0.29, 0.717) is 0 Å². The van der Waals surface area contributed by atoms with E-state index in [9.17, 15) is 4.79 Å². The van der Waals surface area contributed by atoms with E-state index < -0.39 is 5.97 Å². The van der Waals surface area contributed by atoms with Gasteiger partial charge in [-0.1, -0.05) is 25.7 Å². The van der Waals surface area contributed by atoms with Crippen LogP contribution in [0.1, 0.15) is 54.0 Å². The molecule has 142 valence electrons. The second-order valence-corrected chi connectivity index (χ2v) is 8.74. The number of carboxylic acid groups (broad SMARTS) is 1. The molecule has 0 saturated heterocycles. The zero-order valence-electron chi connectivity index (χ0n) is 15.9. The number of ether oxygens (including phenoxy) is 1. The van der Waals surface area contributed by atoms with Crippen LogP contribution in [0.25, 0.3) is 0 Å². The summed E-state index contributed by atoms with van der Waals surface area (Å²) >= 11 is 3.12. The smallest absolute Gasteiger partial charge is 0.308 e. The minimum atomic E-state index is -0.814. The van der Waals surface area contributed by atoms with Crippen molar-refractivity contribution in [3.8, 4) is 17.6 Å².